The van der Waals surface area contributed by atoms with Crippen molar-refractivity contribution in [2.45, 2.75) is 13.2 Å². The van der Waals surface area contributed by atoms with Gasteiger partial charge in [-0.05, 0) is 24.3 Å². The van der Waals surface area contributed by atoms with Crippen LogP contribution in [-0.2, 0) is 17.9 Å². The van der Waals surface area contributed by atoms with Crippen molar-refractivity contribution < 1.29 is 9.53 Å². The van der Waals surface area contributed by atoms with Crippen LogP contribution < -0.4 is 10.1 Å². The Morgan fingerprint density at radius 3 is 2.71 bits per heavy atom. The SMILES string of the molecule is C#CCNC(=O)Cn1c(COc2ccccc2)nc2ccccc21. The first-order valence-corrected chi connectivity index (χ1v) is 7.60. The van der Waals surface area contributed by atoms with Crippen LogP contribution in [0.2, 0.25) is 0 Å². The van der Waals surface area contributed by atoms with Crippen molar-refractivity contribution in [3.8, 4) is 18.1 Å². The number of carbonyl (C=O) groups excluding carboxylic acids is 1. The lowest BCUT2D eigenvalue weighted by atomic mass is 10.3. The number of carbonyl (C=O) groups is 1. The fraction of sp³-hybridized carbons (Fsp3) is 0.158. The van der Waals surface area contributed by atoms with Crippen LogP contribution in [0.1, 0.15) is 5.82 Å². The van der Waals surface area contributed by atoms with E-state index in [4.69, 9.17) is 11.2 Å². The van der Waals surface area contributed by atoms with Gasteiger partial charge >= 0.3 is 0 Å². The van der Waals surface area contributed by atoms with Crippen LogP contribution in [0, 0.1) is 12.3 Å². The lowest BCUT2D eigenvalue weighted by Crippen LogP contribution is -2.28. The van der Waals surface area contributed by atoms with E-state index in [0.717, 1.165) is 16.8 Å². The number of amides is 1. The summed E-state index contributed by atoms with van der Waals surface area (Å²) in [6, 6.07) is 17.2. The van der Waals surface area contributed by atoms with Crippen molar-refractivity contribution in [3.05, 3.63) is 60.4 Å². The van der Waals surface area contributed by atoms with Crippen LogP contribution in [0.25, 0.3) is 11.0 Å². The molecule has 0 spiro atoms. The third kappa shape index (κ3) is 3.55. The Kier molecular flexibility index (Phi) is 4.78. The van der Waals surface area contributed by atoms with E-state index in [0.29, 0.717) is 5.82 Å². The fourth-order valence-corrected chi connectivity index (χ4v) is 2.43. The standard InChI is InChI=1S/C19H17N3O2/c1-2-12-20-19(23)13-22-17-11-7-6-10-16(17)21-18(22)14-24-15-8-4-3-5-9-15/h1,3-11H,12-14H2,(H,20,23). The number of terminal acetylenes is 1. The van der Waals surface area contributed by atoms with Crippen molar-refractivity contribution >= 4 is 16.9 Å². The zero-order valence-electron chi connectivity index (χ0n) is 13.1. The van der Waals surface area contributed by atoms with Gasteiger partial charge in [-0.15, -0.1) is 6.42 Å². The molecule has 120 valence electrons. The van der Waals surface area contributed by atoms with Crippen molar-refractivity contribution in [2.24, 2.45) is 0 Å². The lowest BCUT2D eigenvalue weighted by molar-refractivity contribution is -0.121. The van der Waals surface area contributed by atoms with Crippen molar-refractivity contribution in [1.29, 1.82) is 0 Å². The first kappa shape index (κ1) is 15.6. The smallest absolute Gasteiger partial charge is 0.240 e. The molecule has 0 saturated carbocycles. The normalized spacial score (nSPS) is 10.3. The maximum atomic E-state index is 12.0. The van der Waals surface area contributed by atoms with Crippen molar-refractivity contribution in [3.63, 3.8) is 0 Å². The molecule has 3 rings (SSSR count). The Morgan fingerprint density at radius 2 is 1.92 bits per heavy atom. The summed E-state index contributed by atoms with van der Waals surface area (Å²) in [6.07, 6.45) is 5.18. The molecule has 3 aromatic rings. The number of rotatable bonds is 6. The quantitative estimate of drug-likeness (QED) is 0.710. The van der Waals surface area contributed by atoms with Crippen LogP contribution in [0.5, 0.6) is 5.75 Å². The van der Waals surface area contributed by atoms with Gasteiger partial charge < -0.3 is 14.6 Å². The second kappa shape index (κ2) is 7.34. The highest BCUT2D eigenvalue weighted by Gasteiger charge is 2.13. The molecule has 0 atom stereocenters. The van der Waals surface area contributed by atoms with Gasteiger partial charge in [0.1, 0.15) is 24.7 Å². The van der Waals surface area contributed by atoms with Gasteiger partial charge in [-0.3, -0.25) is 4.79 Å². The number of para-hydroxylation sites is 3. The second-order valence-corrected chi connectivity index (χ2v) is 5.19. The maximum Gasteiger partial charge on any atom is 0.240 e. The minimum absolute atomic E-state index is 0.148. The highest BCUT2D eigenvalue weighted by molar-refractivity contribution is 5.81. The van der Waals surface area contributed by atoms with Crippen LogP contribution in [-0.4, -0.2) is 22.0 Å². The van der Waals surface area contributed by atoms with E-state index in [1.807, 2.05) is 59.2 Å². The van der Waals surface area contributed by atoms with Crippen LogP contribution in [0.3, 0.4) is 0 Å². The number of benzene rings is 2. The zero-order chi connectivity index (χ0) is 16.8. The Balaban J connectivity index is 1.84. The molecule has 0 aliphatic rings. The zero-order valence-corrected chi connectivity index (χ0v) is 13.1. The van der Waals surface area contributed by atoms with E-state index in [-0.39, 0.29) is 25.6 Å². The lowest BCUT2D eigenvalue weighted by Gasteiger charge is -2.10. The monoisotopic (exact) mass is 319 g/mol. The summed E-state index contributed by atoms with van der Waals surface area (Å²) in [4.78, 5) is 16.6. The molecule has 2 aromatic carbocycles. The maximum absolute atomic E-state index is 12.0. The van der Waals surface area contributed by atoms with Crippen LogP contribution in [0.15, 0.2) is 54.6 Å². The molecule has 0 bridgehead atoms. The topological polar surface area (TPSA) is 56.2 Å². The summed E-state index contributed by atoms with van der Waals surface area (Å²) in [5.41, 5.74) is 1.72. The van der Waals surface area contributed by atoms with E-state index in [1.165, 1.54) is 0 Å². The highest BCUT2D eigenvalue weighted by atomic mass is 16.5. The van der Waals surface area contributed by atoms with Gasteiger partial charge in [-0.25, -0.2) is 4.98 Å². The number of nitrogens with zero attached hydrogens (tertiary/aromatic N) is 2. The Bertz CT molecular complexity index is 879. The van der Waals surface area contributed by atoms with E-state index in [2.05, 4.69) is 16.2 Å². The largest absolute Gasteiger partial charge is 0.486 e. The van der Waals surface area contributed by atoms with Crippen molar-refractivity contribution in [1.82, 2.24) is 14.9 Å². The number of fused-ring (bicyclic) bond motifs is 1. The molecule has 0 unspecified atom stereocenters. The van der Waals surface area contributed by atoms with E-state index < -0.39 is 0 Å². The van der Waals surface area contributed by atoms with Gasteiger partial charge in [0.25, 0.3) is 0 Å². The molecule has 0 aliphatic carbocycles. The summed E-state index contributed by atoms with van der Waals surface area (Å²) >= 11 is 0. The molecule has 1 heterocycles. The molecule has 24 heavy (non-hydrogen) atoms. The van der Waals surface area contributed by atoms with Crippen LogP contribution >= 0.6 is 0 Å². The Hall–Kier alpha value is -3.26. The van der Waals surface area contributed by atoms with Gasteiger partial charge in [-0.2, -0.15) is 0 Å². The fourth-order valence-electron chi connectivity index (χ4n) is 2.43. The minimum Gasteiger partial charge on any atom is -0.486 e. The van der Waals surface area contributed by atoms with Gasteiger partial charge in [0, 0.05) is 0 Å². The van der Waals surface area contributed by atoms with Gasteiger partial charge in [0.15, 0.2) is 0 Å². The van der Waals surface area contributed by atoms with Crippen LogP contribution in [0.4, 0.5) is 0 Å². The average molecular weight is 319 g/mol. The van der Waals surface area contributed by atoms with Crippen molar-refractivity contribution in [2.75, 3.05) is 6.54 Å². The molecule has 1 aromatic heterocycles. The third-order valence-corrected chi connectivity index (χ3v) is 3.53. The third-order valence-electron chi connectivity index (χ3n) is 3.53. The number of hydrogen-bond acceptors (Lipinski definition) is 3. The molecule has 0 fully saturated rings. The molecule has 0 radical (unpaired) electrons. The number of nitrogens with one attached hydrogen (secondary N) is 1. The number of hydrogen-bond donors (Lipinski definition) is 1. The molecule has 1 amide bonds. The minimum atomic E-state index is -0.155. The number of imidazole rings is 1. The van der Waals surface area contributed by atoms with E-state index in [9.17, 15) is 4.79 Å². The summed E-state index contributed by atoms with van der Waals surface area (Å²) in [5.74, 6) is 3.69. The first-order valence-electron chi connectivity index (χ1n) is 7.60. The summed E-state index contributed by atoms with van der Waals surface area (Å²) in [5, 5.41) is 2.67. The Labute approximate surface area is 140 Å². The first-order chi connectivity index (χ1) is 11.8. The number of aromatic nitrogens is 2. The Morgan fingerprint density at radius 1 is 1.17 bits per heavy atom. The summed E-state index contributed by atoms with van der Waals surface area (Å²) < 4.78 is 7.63. The molecule has 5 nitrogen and oxygen atoms in total. The van der Waals surface area contributed by atoms with Gasteiger partial charge in [0.2, 0.25) is 5.91 Å². The highest BCUT2D eigenvalue weighted by Crippen LogP contribution is 2.18. The van der Waals surface area contributed by atoms with E-state index in [1.54, 1.807) is 0 Å². The molecule has 0 aliphatic heterocycles. The number of ether oxygens (including phenoxy) is 1. The predicted molar refractivity (Wildman–Crippen MR) is 92.3 cm³/mol. The van der Waals surface area contributed by atoms with E-state index >= 15 is 0 Å². The second-order valence-electron chi connectivity index (χ2n) is 5.19. The van der Waals surface area contributed by atoms with Gasteiger partial charge in [-0.1, -0.05) is 36.3 Å². The summed E-state index contributed by atoms with van der Waals surface area (Å²) in [7, 11) is 0. The molecular formula is C19H17N3O2. The molecule has 0 saturated heterocycles. The molecular weight excluding hydrogens is 302 g/mol. The predicted octanol–water partition coefficient (Wildman–Crippen LogP) is 2.36. The molecule has 5 heteroatoms. The molecule has 1 N–H and O–H groups in total. The van der Waals surface area contributed by atoms with Gasteiger partial charge in [0.05, 0.1) is 17.6 Å². The average Bonchev–Trinajstić information content (AvgIpc) is 2.97. The summed E-state index contributed by atoms with van der Waals surface area (Å²) in [6.45, 7) is 0.637.